The molecule has 3 rings (SSSR count). The Labute approximate surface area is 160 Å². The average Bonchev–Trinajstić information content (AvgIpc) is 2.97. The van der Waals surface area contributed by atoms with Crippen molar-refractivity contribution in [2.24, 2.45) is 0 Å². The molecule has 1 fully saturated rings. The highest BCUT2D eigenvalue weighted by Gasteiger charge is 2.34. The molecule has 1 aliphatic heterocycles. The Kier molecular flexibility index (Phi) is 5.30. The number of amides is 2. The van der Waals surface area contributed by atoms with E-state index < -0.39 is 23.9 Å². The van der Waals surface area contributed by atoms with E-state index in [0.29, 0.717) is 11.3 Å². The van der Waals surface area contributed by atoms with Crippen LogP contribution in [0.5, 0.6) is 11.5 Å². The fourth-order valence-corrected chi connectivity index (χ4v) is 2.63. The van der Waals surface area contributed by atoms with Crippen molar-refractivity contribution in [3.05, 3.63) is 59.7 Å². The SMILES string of the molecule is COc1cccc(C=C2C(=O)NN(c3ccccc3)C2=O)c1OC(C)C(=O)O. The van der Waals surface area contributed by atoms with Gasteiger partial charge in [0.15, 0.2) is 17.6 Å². The number of nitrogens with zero attached hydrogens (tertiary/aromatic N) is 1. The zero-order valence-corrected chi connectivity index (χ0v) is 15.2. The molecule has 2 aromatic carbocycles. The Balaban J connectivity index is 2.00. The van der Waals surface area contributed by atoms with Crippen LogP contribution < -0.4 is 19.9 Å². The minimum absolute atomic E-state index is 0.107. The second-order valence-electron chi connectivity index (χ2n) is 5.95. The normalized spacial score (nSPS) is 16.1. The summed E-state index contributed by atoms with van der Waals surface area (Å²) in [5.41, 5.74) is 3.27. The number of carboxylic acid groups (broad SMARTS) is 1. The third-order valence-electron chi connectivity index (χ3n) is 4.08. The molecule has 0 radical (unpaired) electrons. The second kappa shape index (κ2) is 7.83. The number of rotatable bonds is 6. The van der Waals surface area contributed by atoms with Crippen LogP contribution in [0, 0.1) is 0 Å². The molecule has 1 aliphatic rings. The van der Waals surface area contributed by atoms with Gasteiger partial charge in [-0.3, -0.25) is 15.0 Å². The summed E-state index contributed by atoms with van der Waals surface area (Å²) in [4.78, 5) is 36.2. The van der Waals surface area contributed by atoms with Crippen molar-refractivity contribution >= 4 is 29.5 Å². The van der Waals surface area contributed by atoms with Crippen LogP contribution in [0.2, 0.25) is 0 Å². The Morgan fingerprint density at radius 2 is 1.86 bits per heavy atom. The lowest BCUT2D eigenvalue weighted by Crippen LogP contribution is -2.35. The quantitative estimate of drug-likeness (QED) is 0.585. The number of carbonyl (C=O) groups excluding carboxylic acids is 2. The molecule has 8 heteroatoms. The Morgan fingerprint density at radius 1 is 1.14 bits per heavy atom. The average molecular weight is 382 g/mol. The van der Waals surface area contributed by atoms with Gasteiger partial charge < -0.3 is 14.6 Å². The first-order valence-electron chi connectivity index (χ1n) is 8.41. The van der Waals surface area contributed by atoms with E-state index >= 15 is 0 Å². The summed E-state index contributed by atoms with van der Waals surface area (Å²) in [6.45, 7) is 1.37. The van der Waals surface area contributed by atoms with Gasteiger partial charge in [-0.25, -0.2) is 9.80 Å². The van der Waals surface area contributed by atoms with Gasteiger partial charge in [-0.2, -0.15) is 0 Å². The predicted molar refractivity (Wildman–Crippen MR) is 101 cm³/mol. The van der Waals surface area contributed by atoms with Crippen molar-refractivity contribution in [1.29, 1.82) is 0 Å². The topological polar surface area (TPSA) is 105 Å². The fourth-order valence-electron chi connectivity index (χ4n) is 2.63. The molecule has 0 aromatic heterocycles. The number of carboxylic acids is 1. The van der Waals surface area contributed by atoms with Gasteiger partial charge in [-0.05, 0) is 31.2 Å². The van der Waals surface area contributed by atoms with Crippen LogP contribution in [0.15, 0.2) is 54.1 Å². The molecule has 1 heterocycles. The first-order chi connectivity index (χ1) is 13.4. The summed E-state index contributed by atoms with van der Waals surface area (Å²) in [6, 6.07) is 13.5. The third-order valence-corrected chi connectivity index (χ3v) is 4.08. The fraction of sp³-hybridized carbons (Fsp3) is 0.150. The molecule has 1 atom stereocenters. The van der Waals surface area contributed by atoms with Crippen molar-refractivity contribution in [2.45, 2.75) is 13.0 Å². The number of carbonyl (C=O) groups is 3. The number of hydrazine groups is 1. The van der Waals surface area contributed by atoms with Crippen LogP contribution >= 0.6 is 0 Å². The van der Waals surface area contributed by atoms with E-state index in [1.807, 2.05) is 0 Å². The number of methoxy groups -OCH3 is 1. The Bertz CT molecular complexity index is 954. The lowest BCUT2D eigenvalue weighted by Gasteiger charge is -2.16. The first kappa shape index (κ1) is 19.0. The molecule has 144 valence electrons. The summed E-state index contributed by atoms with van der Waals surface area (Å²) in [5, 5.41) is 10.3. The highest BCUT2D eigenvalue weighted by molar-refractivity contribution is 6.31. The Morgan fingerprint density at radius 3 is 2.50 bits per heavy atom. The van der Waals surface area contributed by atoms with E-state index in [1.165, 1.54) is 20.1 Å². The largest absolute Gasteiger partial charge is 0.493 e. The Hall–Kier alpha value is -3.81. The maximum atomic E-state index is 12.7. The van der Waals surface area contributed by atoms with E-state index in [0.717, 1.165) is 5.01 Å². The van der Waals surface area contributed by atoms with Gasteiger partial charge in [0.2, 0.25) is 0 Å². The molecule has 2 aromatic rings. The summed E-state index contributed by atoms with van der Waals surface area (Å²) in [5.74, 6) is -1.85. The summed E-state index contributed by atoms with van der Waals surface area (Å²) in [6.07, 6.45) is 0.204. The van der Waals surface area contributed by atoms with E-state index in [-0.39, 0.29) is 17.1 Å². The van der Waals surface area contributed by atoms with Crippen molar-refractivity contribution in [3.63, 3.8) is 0 Å². The van der Waals surface area contributed by atoms with E-state index in [9.17, 15) is 14.4 Å². The maximum absolute atomic E-state index is 12.7. The number of aliphatic carboxylic acids is 1. The zero-order valence-electron chi connectivity index (χ0n) is 15.2. The van der Waals surface area contributed by atoms with Crippen LogP contribution in [0.25, 0.3) is 6.08 Å². The maximum Gasteiger partial charge on any atom is 0.344 e. The summed E-state index contributed by atoms with van der Waals surface area (Å²) in [7, 11) is 1.41. The molecule has 0 aliphatic carbocycles. The van der Waals surface area contributed by atoms with E-state index in [1.54, 1.807) is 48.5 Å². The monoisotopic (exact) mass is 382 g/mol. The molecule has 2 N–H and O–H groups in total. The molecule has 1 unspecified atom stereocenters. The smallest absolute Gasteiger partial charge is 0.344 e. The van der Waals surface area contributed by atoms with Gasteiger partial charge >= 0.3 is 5.97 Å². The molecular weight excluding hydrogens is 364 g/mol. The van der Waals surface area contributed by atoms with E-state index in [2.05, 4.69) is 5.43 Å². The number of para-hydroxylation sites is 2. The van der Waals surface area contributed by atoms with Crippen LogP contribution in [-0.2, 0) is 14.4 Å². The zero-order chi connectivity index (χ0) is 20.3. The molecular formula is C20H18N2O6. The lowest BCUT2D eigenvalue weighted by atomic mass is 10.1. The van der Waals surface area contributed by atoms with Crippen molar-refractivity contribution in [1.82, 2.24) is 5.43 Å². The number of nitrogens with one attached hydrogen (secondary N) is 1. The molecule has 1 saturated heterocycles. The minimum Gasteiger partial charge on any atom is -0.493 e. The molecule has 0 bridgehead atoms. The van der Waals surface area contributed by atoms with Crippen molar-refractivity contribution < 1.29 is 29.0 Å². The number of hydrogen-bond acceptors (Lipinski definition) is 5. The highest BCUT2D eigenvalue weighted by Crippen LogP contribution is 2.34. The van der Waals surface area contributed by atoms with Gasteiger partial charge in [0.05, 0.1) is 12.8 Å². The van der Waals surface area contributed by atoms with Gasteiger partial charge in [-0.15, -0.1) is 0 Å². The van der Waals surface area contributed by atoms with Crippen molar-refractivity contribution in [2.75, 3.05) is 12.1 Å². The number of ether oxygens (including phenoxy) is 2. The van der Waals surface area contributed by atoms with Gasteiger partial charge in [0, 0.05) is 5.56 Å². The standard InChI is InChI=1S/C20H18N2O6/c1-12(20(25)26)28-17-13(7-6-10-16(17)27-2)11-15-18(23)21-22(19(15)24)14-8-4-3-5-9-14/h3-12H,1-2H3,(H,21,23)(H,25,26). The van der Waals surface area contributed by atoms with Gasteiger partial charge in [0.25, 0.3) is 11.8 Å². The number of hydrogen-bond donors (Lipinski definition) is 2. The van der Waals surface area contributed by atoms with Crippen LogP contribution in [0.3, 0.4) is 0 Å². The first-order valence-corrected chi connectivity index (χ1v) is 8.41. The van der Waals surface area contributed by atoms with E-state index in [4.69, 9.17) is 14.6 Å². The van der Waals surface area contributed by atoms with Gasteiger partial charge in [0.1, 0.15) is 5.57 Å². The van der Waals surface area contributed by atoms with Crippen LogP contribution in [-0.4, -0.2) is 36.1 Å². The third kappa shape index (κ3) is 3.66. The molecule has 28 heavy (non-hydrogen) atoms. The van der Waals surface area contributed by atoms with Crippen molar-refractivity contribution in [3.8, 4) is 11.5 Å². The van der Waals surface area contributed by atoms with Crippen LogP contribution in [0.1, 0.15) is 12.5 Å². The number of benzene rings is 2. The van der Waals surface area contributed by atoms with Crippen LogP contribution in [0.4, 0.5) is 5.69 Å². The summed E-state index contributed by atoms with van der Waals surface area (Å²) >= 11 is 0. The molecule has 0 saturated carbocycles. The lowest BCUT2D eigenvalue weighted by molar-refractivity contribution is -0.144. The van der Waals surface area contributed by atoms with Gasteiger partial charge in [-0.1, -0.05) is 30.3 Å². The highest BCUT2D eigenvalue weighted by atomic mass is 16.5. The molecule has 0 spiro atoms. The number of anilines is 1. The minimum atomic E-state index is -1.16. The predicted octanol–water partition coefficient (Wildman–Crippen LogP) is 2.01. The molecule has 2 amide bonds. The second-order valence-corrected chi connectivity index (χ2v) is 5.95. The summed E-state index contributed by atoms with van der Waals surface area (Å²) < 4.78 is 10.7. The molecule has 8 nitrogen and oxygen atoms in total.